The van der Waals surface area contributed by atoms with Crippen LogP contribution in [0.4, 0.5) is 0 Å². The summed E-state index contributed by atoms with van der Waals surface area (Å²) in [6, 6.07) is 6.64. The van der Waals surface area contributed by atoms with Crippen LogP contribution >= 0.6 is 15.9 Å². The molecule has 0 spiro atoms. The second-order valence-electron chi connectivity index (χ2n) is 3.54. The molecule has 2 N–H and O–H groups in total. The number of benzene rings is 1. The molecular formula is C10H12BrNO4S. The molecule has 1 atom stereocenters. The number of nitrogens with one attached hydrogen (secondary N) is 1. The first-order valence-corrected chi connectivity index (χ1v) is 7.22. The van der Waals surface area contributed by atoms with Crippen molar-refractivity contribution in [1.82, 2.24) is 4.72 Å². The maximum atomic E-state index is 11.4. The fourth-order valence-corrected chi connectivity index (χ4v) is 2.64. The molecule has 1 aromatic rings. The van der Waals surface area contributed by atoms with Crippen LogP contribution in [0, 0.1) is 0 Å². The second kappa shape index (κ2) is 5.61. The van der Waals surface area contributed by atoms with E-state index < -0.39 is 27.8 Å². The van der Waals surface area contributed by atoms with Gasteiger partial charge in [0, 0.05) is 10.5 Å². The Kier molecular flexibility index (Phi) is 4.67. The van der Waals surface area contributed by atoms with Crippen LogP contribution in [0.5, 0.6) is 0 Å². The lowest BCUT2D eigenvalue weighted by Gasteiger charge is -2.13. The minimum absolute atomic E-state index is 0.465. The highest BCUT2D eigenvalue weighted by molar-refractivity contribution is 9.10. The molecular weight excluding hydrogens is 310 g/mol. The van der Waals surface area contributed by atoms with Gasteiger partial charge in [-0.15, -0.1) is 0 Å². The number of hydrogen-bond acceptors (Lipinski definition) is 3. The average Bonchev–Trinajstić information content (AvgIpc) is 2.15. The molecule has 0 aromatic heterocycles. The van der Waals surface area contributed by atoms with Gasteiger partial charge in [0.05, 0.1) is 0 Å². The van der Waals surface area contributed by atoms with E-state index in [1.54, 1.807) is 31.2 Å². The van der Waals surface area contributed by atoms with Crippen LogP contribution in [0.15, 0.2) is 28.7 Å². The van der Waals surface area contributed by atoms with Gasteiger partial charge in [0.15, 0.2) is 5.75 Å². The number of hydrogen-bond donors (Lipinski definition) is 2. The van der Waals surface area contributed by atoms with E-state index in [2.05, 4.69) is 20.7 Å². The van der Waals surface area contributed by atoms with Crippen LogP contribution in [0.3, 0.4) is 0 Å². The molecule has 0 aliphatic heterocycles. The lowest BCUT2D eigenvalue weighted by Crippen LogP contribution is -2.32. The molecule has 17 heavy (non-hydrogen) atoms. The van der Waals surface area contributed by atoms with Crippen molar-refractivity contribution in [3.63, 3.8) is 0 Å². The molecule has 0 fully saturated rings. The van der Waals surface area contributed by atoms with E-state index in [4.69, 9.17) is 5.11 Å². The summed E-state index contributed by atoms with van der Waals surface area (Å²) in [5, 5.41) is 8.44. The summed E-state index contributed by atoms with van der Waals surface area (Å²) >= 11 is 3.27. The molecule has 94 valence electrons. The summed E-state index contributed by atoms with van der Waals surface area (Å²) in [7, 11) is -3.80. The number of aliphatic carboxylic acids is 1. The molecule has 0 aliphatic carbocycles. The van der Waals surface area contributed by atoms with E-state index in [1.165, 1.54) is 0 Å². The molecule has 7 heteroatoms. The van der Waals surface area contributed by atoms with Gasteiger partial charge in [-0.25, -0.2) is 13.1 Å². The molecule has 1 aromatic carbocycles. The Bertz CT molecular complexity index is 498. The summed E-state index contributed by atoms with van der Waals surface area (Å²) in [4.78, 5) is 10.4. The maximum absolute atomic E-state index is 11.4. The zero-order valence-corrected chi connectivity index (χ0v) is 11.5. The smallest absolute Gasteiger partial charge is 0.320 e. The van der Waals surface area contributed by atoms with Crippen molar-refractivity contribution in [3.8, 4) is 0 Å². The first-order valence-electron chi connectivity index (χ1n) is 4.77. The highest BCUT2D eigenvalue weighted by Crippen LogP contribution is 2.17. The third kappa shape index (κ3) is 4.84. The van der Waals surface area contributed by atoms with E-state index in [-0.39, 0.29) is 0 Å². The number of carbonyl (C=O) groups is 1. The molecule has 0 saturated carbocycles. The molecule has 0 aliphatic rings. The van der Waals surface area contributed by atoms with Crippen LogP contribution in [0.1, 0.15) is 18.5 Å². The molecule has 0 heterocycles. The summed E-state index contributed by atoms with van der Waals surface area (Å²) < 4.78 is 26.0. The predicted molar refractivity (Wildman–Crippen MR) is 67.1 cm³/mol. The monoisotopic (exact) mass is 321 g/mol. The number of carboxylic acid groups (broad SMARTS) is 1. The van der Waals surface area contributed by atoms with Crippen LogP contribution < -0.4 is 4.72 Å². The first kappa shape index (κ1) is 14.1. The van der Waals surface area contributed by atoms with E-state index in [9.17, 15) is 13.2 Å². The van der Waals surface area contributed by atoms with Crippen molar-refractivity contribution in [2.45, 2.75) is 13.0 Å². The number of rotatable bonds is 5. The third-order valence-electron chi connectivity index (χ3n) is 2.04. The van der Waals surface area contributed by atoms with Gasteiger partial charge >= 0.3 is 5.97 Å². The molecule has 0 saturated heterocycles. The van der Waals surface area contributed by atoms with Gasteiger partial charge in [0.2, 0.25) is 10.0 Å². The largest absolute Gasteiger partial charge is 0.480 e. The fourth-order valence-electron chi connectivity index (χ4n) is 1.29. The van der Waals surface area contributed by atoms with E-state index >= 15 is 0 Å². The topological polar surface area (TPSA) is 83.5 Å². The Morgan fingerprint density at radius 3 is 2.41 bits per heavy atom. The van der Waals surface area contributed by atoms with Gasteiger partial charge in [0.1, 0.15) is 0 Å². The lowest BCUT2D eigenvalue weighted by atomic mass is 10.1. The second-order valence-corrected chi connectivity index (χ2v) is 6.21. The van der Waals surface area contributed by atoms with Crippen LogP contribution in [0.25, 0.3) is 0 Å². The first-order chi connectivity index (χ1) is 7.80. The van der Waals surface area contributed by atoms with Crippen LogP contribution in [-0.4, -0.2) is 25.2 Å². The summed E-state index contributed by atoms with van der Waals surface area (Å²) in [6.07, 6.45) is 0. The molecule has 0 amide bonds. The Hall–Kier alpha value is -0.920. The normalized spacial score (nSPS) is 13.3. The minimum Gasteiger partial charge on any atom is -0.480 e. The van der Waals surface area contributed by atoms with E-state index in [1.807, 2.05) is 0 Å². The fraction of sp³-hybridized carbons (Fsp3) is 0.300. The van der Waals surface area contributed by atoms with Crippen molar-refractivity contribution in [2.75, 3.05) is 5.75 Å². The summed E-state index contributed by atoms with van der Waals surface area (Å²) in [5.41, 5.74) is 0.766. The van der Waals surface area contributed by atoms with Crippen molar-refractivity contribution < 1.29 is 18.3 Å². The molecule has 1 rings (SSSR count). The number of carboxylic acids is 1. The van der Waals surface area contributed by atoms with Crippen molar-refractivity contribution in [3.05, 3.63) is 34.3 Å². The summed E-state index contributed by atoms with van der Waals surface area (Å²) in [6.45, 7) is 1.66. The van der Waals surface area contributed by atoms with Gasteiger partial charge in [-0.05, 0) is 24.6 Å². The molecule has 5 nitrogen and oxygen atoms in total. The molecule has 1 unspecified atom stereocenters. The highest BCUT2D eigenvalue weighted by Gasteiger charge is 2.19. The average molecular weight is 322 g/mol. The van der Waals surface area contributed by atoms with Crippen LogP contribution in [-0.2, 0) is 14.8 Å². The predicted octanol–water partition coefficient (Wildman–Crippen LogP) is 1.51. The Labute approximate surface area is 108 Å². The van der Waals surface area contributed by atoms with Gasteiger partial charge in [-0.1, -0.05) is 28.1 Å². The third-order valence-corrected chi connectivity index (χ3v) is 3.91. The SMILES string of the molecule is CC(NS(=O)(=O)CC(=O)O)c1ccc(Br)cc1. The minimum atomic E-state index is -3.80. The Morgan fingerprint density at radius 1 is 1.41 bits per heavy atom. The van der Waals surface area contributed by atoms with Crippen LogP contribution in [0.2, 0.25) is 0 Å². The quantitative estimate of drug-likeness (QED) is 0.861. The number of sulfonamides is 1. The standard InChI is InChI=1S/C10H12BrNO4S/c1-7(8-2-4-9(11)5-3-8)12-17(15,16)6-10(13)14/h2-5,7,12H,6H2,1H3,(H,13,14). The highest BCUT2D eigenvalue weighted by atomic mass is 79.9. The van der Waals surface area contributed by atoms with Crippen molar-refractivity contribution in [1.29, 1.82) is 0 Å². The molecule has 0 bridgehead atoms. The van der Waals surface area contributed by atoms with Gasteiger partial charge in [0.25, 0.3) is 0 Å². The van der Waals surface area contributed by atoms with Gasteiger partial charge < -0.3 is 5.11 Å². The lowest BCUT2D eigenvalue weighted by molar-refractivity contribution is -0.134. The summed E-state index contributed by atoms with van der Waals surface area (Å²) in [5.74, 6) is -2.30. The maximum Gasteiger partial charge on any atom is 0.320 e. The van der Waals surface area contributed by atoms with E-state index in [0.717, 1.165) is 10.0 Å². The Morgan fingerprint density at radius 2 is 1.94 bits per heavy atom. The van der Waals surface area contributed by atoms with Crippen molar-refractivity contribution >= 4 is 31.9 Å². The van der Waals surface area contributed by atoms with Gasteiger partial charge in [-0.3, -0.25) is 4.79 Å². The number of halogens is 1. The van der Waals surface area contributed by atoms with E-state index in [0.29, 0.717) is 0 Å². The zero-order chi connectivity index (χ0) is 13.1. The Balaban J connectivity index is 2.75. The van der Waals surface area contributed by atoms with Gasteiger partial charge in [-0.2, -0.15) is 0 Å². The van der Waals surface area contributed by atoms with Crippen molar-refractivity contribution in [2.24, 2.45) is 0 Å². The zero-order valence-electron chi connectivity index (χ0n) is 9.05. The molecule has 0 radical (unpaired) electrons.